The maximum atomic E-state index is 6.43. The Balaban J connectivity index is 1.83. The first kappa shape index (κ1) is 18.2. The lowest BCUT2D eigenvalue weighted by Crippen LogP contribution is -2.33. The topological polar surface area (TPSA) is 4.93 Å². The summed E-state index contributed by atoms with van der Waals surface area (Å²) in [7, 11) is 19.0. The third kappa shape index (κ3) is 2.74. The Hall–Kier alpha value is -2.84. The summed E-state index contributed by atoms with van der Waals surface area (Å²) in [4.78, 5) is 0. The third-order valence-corrected chi connectivity index (χ3v) is 5.80. The Kier molecular flexibility index (Phi) is 4.33. The molecule has 0 aliphatic heterocycles. The molecule has 0 saturated heterocycles. The summed E-state index contributed by atoms with van der Waals surface area (Å²) in [5, 5.41) is 2.11. The fourth-order valence-corrected chi connectivity index (χ4v) is 4.17. The van der Waals surface area contributed by atoms with Crippen molar-refractivity contribution in [2.75, 3.05) is 0 Å². The smallest absolute Gasteiger partial charge is 0.116 e. The highest BCUT2D eigenvalue weighted by Gasteiger charge is 2.18. The molecule has 5 aromatic rings. The van der Waals surface area contributed by atoms with Crippen LogP contribution >= 0.6 is 11.6 Å². The normalized spacial score (nSPS) is 11.3. The van der Waals surface area contributed by atoms with Crippen LogP contribution in [0.1, 0.15) is 0 Å². The second-order valence-electron chi connectivity index (χ2n) is 7.04. The van der Waals surface area contributed by atoms with Gasteiger partial charge < -0.3 is 4.57 Å². The largest absolute Gasteiger partial charge is 0.310 e. The maximum Gasteiger partial charge on any atom is 0.116 e. The van der Waals surface area contributed by atoms with Gasteiger partial charge in [0.15, 0.2) is 0 Å². The molecule has 130 valence electrons. The molecular formula is C24H13B3ClN. The zero-order valence-electron chi connectivity index (χ0n) is 15.6. The van der Waals surface area contributed by atoms with Crippen molar-refractivity contribution in [3.8, 4) is 16.8 Å². The molecule has 0 aliphatic rings. The fourth-order valence-electron chi connectivity index (χ4n) is 3.97. The summed E-state index contributed by atoms with van der Waals surface area (Å²) < 4.78 is 2.10. The van der Waals surface area contributed by atoms with E-state index in [1.54, 1.807) is 0 Å². The number of nitrogens with zero attached hydrogens (tertiary/aromatic N) is 1. The van der Waals surface area contributed by atoms with E-state index in [0.717, 1.165) is 33.1 Å². The molecule has 0 unspecified atom stereocenters. The third-order valence-electron chi connectivity index (χ3n) is 5.39. The van der Waals surface area contributed by atoms with Gasteiger partial charge in [-0.25, -0.2) is 0 Å². The number of rotatable bonds is 2. The standard InChI is InChI=1S/C24H13B3ClN/c25-20-19-17-8-4-5-9-18(17)29(24(19)22(27)21(26)23(20)28)16-12-10-15(11-13-16)14-6-2-1-3-7-14/h1-13H. The molecule has 0 aliphatic carbocycles. The molecule has 5 heteroatoms. The second kappa shape index (κ2) is 6.90. The van der Waals surface area contributed by atoms with Crippen molar-refractivity contribution >= 4 is 73.3 Å². The van der Waals surface area contributed by atoms with Crippen molar-refractivity contribution in [2.45, 2.75) is 0 Å². The highest BCUT2D eigenvalue weighted by molar-refractivity contribution is 6.64. The molecule has 0 spiro atoms. The average Bonchev–Trinajstić information content (AvgIpc) is 3.12. The predicted molar refractivity (Wildman–Crippen MR) is 127 cm³/mol. The molecule has 0 fully saturated rings. The van der Waals surface area contributed by atoms with Gasteiger partial charge in [0, 0.05) is 27.0 Å². The van der Waals surface area contributed by atoms with Crippen molar-refractivity contribution in [3.05, 3.63) is 83.9 Å². The van der Waals surface area contributed by atoms with Gasteiger partial charge in [0.25, 0.3) is 0 Å². The minimum Gasteiger partial charge on any atom is -0.310 e. The Bertz CT molecular complexity index is 1370. The number of hydrogen-bond donors (Lipinski definition) is 0. The van der Waals surface area contributed by atoms with Crippen LogP contribution in [0.4, 0.5) is 0 Å². The zero-order chi connectivity index (χ0) is 20.1. The summed E-state index contributed by atoms with van der Waals surface area (Å²) in [6.07, 6.45) is 0. The summed E-state index contributed by atoms with van der Waals surface area (Å²) in [5.41, 5.74) is 6.25. The minimum absolute atomic E-state index is 0.303. The highest BCUT2D eigenvalue weighted by atomic mass is 35.5. The molecule has 4 aromatic carbocycles. The van der Waals surface area contributed by atoms with Gasteiger partial charge in [-0.3, -0.25) is 0 Å². The monoisotopic (exact) mass is 383 g/mol. The quantitative estimate of drug-likeness (QED) is 0.412. The molecule has 0 atom stereocenters. The van der Waals surface area contributed by atoms with Crippen molar-refractivity contribution in [1.82, 2.24) is 4.57 Å². The highest BCUT2D eigenvalue weighted by Crippen LogP contribution is 2.31. The van der Waals surface area contributed by atoms with Crippen LogP contribution in [-0.4, -0.2) is 28.1 Å². The lowest BCUT2D eigenvalue weighted by molar-refractivity contribution is 1.19. The number of halogens is 1. The van der Waals surface area contributed by atoms with Crippen LogP contribution in [0.5, 0.6) is 0 Å². The summed E-state index contributed by atoms with van der Waals surface area (Å²) in [6, 6.07) is 26.7. The molecule has 0 amide bonds. The van der Waals surface area contributed by atoms with Crippen LogP contribution in [0, 0.1) is 0 Å². The van der Waals surface area contributed by atoms with Gasteiger partial charge in [0.2, 0.25) is 0 Å². The first-order valence-corrected chi connectivity index (χ1v) is 9.66. The number of para-hydroxylation sites is 1. The van der Waals surface area contributed by atoms with Gasteiger partial charge in [0.1, 0.15) is 23.5 Å². The predicted octanol–water partition coefficient (Wildman–Crippen LogP) is 3.49. The molecule has 29 heavy (non-hydrogen) atoms. The molecule has 0 bridgehead atoms. The van der Waals surface area contributed by atoms with Gasteiger partial charge in [0.05, 0.1) is 5.52 Å². The number of hydrogen-bond acceptors (Lipinski definition) is 0. The van der Waals surface area contributed by atoms with Gasteiger partial charge in [-0.1, -0.05) is 88.7 Å². The summed E-state index contributed by atoms with van der Waals surface area (Å²) in [6.45, 7) is 0. The van der Waals surface area contributed by atoms with E-state index >= 15 is 0 Å². The molecule has 1 aromatic heterocycles. The van der Waals surface area contributed by atoms with E-state index in [9.17, 15) is 0 Å². The van der Waals surface area contributed by atoms with Crippen molar-refractivity contribution in [1.29, 1.82) is 0 Å². The Morgan fingerprint density at radius 1 is 0.621 bits per heavy atom. The maximum absolute atomic E-state index is 6.43. The minimum atomic E-state index is 0.303. The zero-order valence-corrected chi connectivity index (χ0v) is 16.3. The Morgan fingerprint density at radius 2 is 1.24 bits per heavy atom. The van der Waals surface area contributed by atoms with E-state index in [4.69, 9.17) is 35.1 Å². The first-order chi connectivity index (χ1) is 14.1. The van der Waals surface area contributed by atoms with E-state index in [-0.39, 0.29) is 0 Å². The summed E-state index contributed by atoms with van der Waals surface area (Å²) in [5.74, 6) is 0. The van der Waals surface area contributed by atoms with E-state index in [2.05, 4.69) is 41.0 Å². The molecular weight excluding hydrogens is 370 g/mol. The molecule has 5 rings (SSSR count). The van der Waals surface area contributed by atoms with Crippen molar-refractivity contribution < 1.29 is 0 Å². The van der Waals surface area contributed by atoms with E-state index < -0.39 is 0 Å². The molecule has 1 nitrogen and oxygen atoms in total. The number of fused-ring (bicyclic) bond motifs is 3. The van der Waals surface area contributed by atoms with Crippen molar-refractivity contribution in [3.63, 3.8) is 0 Å². The summed E-state index contributed by atoms with van der Waals surface area (Å²) >= 11 is 6.37. The number of benzene rings is 4. The van der Waals surface area contributed by atoms with Crippen LogP contribution in [0.15, 0.2) is 78.9 Å². The molecule has 0 N–H and O–H groups in total. The van der Waals surface area contributed by atoms with Crippen LogP contribution in [0.25, 0.3) is 38.6 Å². The van der Waals surface area contributed by atoms with Gasteiger partial charge >= 0.3 is 0 Å². The lowest BCUT2D eigenvalue weighted by Gasteiger charge is -2.15. The molecule has 6 radical (unpaired) electrons. The Labute approximate surface area is 178 Å². The Morgan fingerprint density at radius 3 is 1.97 bits per heavy atom. The van der Waals surface area contributed by atoms with Crippen LogP contribution in [0.2, 0.25) is 5.02 Å². The van der Waals surface area contributed by atoms with Crippen LogP contribution < -0.4 is 16.4 Å². The average molecular weight is 383 g/mol. The van der Waals surface area contributed by atoms with Crippen LogP contribution in [0.3, 0.4) is 0 Å². The van der Waals surface area contributed by atoms with Gasteiger partial charge in [-0.05, 0) is 29.3 Å². The molecule has 0 saturated carbocycles. The van der Waals surface area contributed by atoms with Crippen molar-refractivity contribution in [2.24, 2.45) is 0 Å². The lowest BCUT2D eigenvalue weighted by atomic mass is 9.74. The van der Waals surface area contributed by atoms with Crippen LogP contribution in [-0.2, 0) is 0 Å². The fraction of sp³-hybridized carbons (Fsp3) is 0. The second-order valence-corrected chi connectivity index (χ2v) is 7.42. The first-order valence-electron chi connectivity index (χ1n) is 9.29. The van der Waals surface area contributed by atoms with Gasteiger partial charge in [-0.2, -0.15) is 0 Å². The molecule has 1 heterocycles. The van der Waals surface area contributed by atoms with E-state index in [0.29, 0.717) is 21.4 Å². The SMILES string of the molecule is [B]c1c(Cl)c([B])c2c3ccccc3n(-c3ccc(-c4ccccc4)cc3)c2c1[B]. The van der Waals surface area contributed by atoms with E-state index in [1.807, 2.05) is 42.5 Å². The van der Waals surface area contributed by atoms with Gasteiger partial charge in [-0.15, -0.1) is 0 Å². The van der Waals surface area contributed by atoms with E-state index in [1.165, 1.54) is 5.56 Å². The number of aromatic nitrogens is 1.